The monoisotopic (exact) mass is 395 g/mol. The van der Waals surface area contributed by atoms with Gasteiger partial charge in [-0.25, -0.2) is 0 Å². The number of aliphatic hydroxyl groups excluding tert-OH is 1. The Morgan fingerprint density at radius 2 is 1.59 bits per heavy atom. The van der Waals surface area contributed by atoms with E-state index in [1.165, 1.54) is 0 Å². The first-order valence-corrected chi connectivity index (χ1v) is 8.89. The van der Waals surface area contributed by atoms with E-state index in [4.69, 9.17) is 9.47 Å². The lowest BCUT2D eigenvalue weighted by Crippen LogP contribution is -3.00. The molecule has 150 valence electrons. The quantitative estimate of drug-likeness (QED) is 0.550. The largest absolute Gasteiger partial charge is 1.00 e. The fraction of sp³-hybridized carbons (Fsp3) is 0.429. The number of quaternary nitrogens is 1. The summed E-state index contributed by atoms with van der Waals surface area (Å²) in [6.45, 7) is 6.56. The fourth-order valence-corrected chi connectivity index (χ4v) is 3.14. The Bertz CT molecular complexity index is 728. The number of halogens is 1. The molecule has 0 aromatic heterocycles. The van der Waals surface area contributed by atoms with Crippen molar-refractivity contribution in [3.05, 3.63) is 52.6 Å². The molecule has 4 N–H and O–H groups in total. The minimum Gasteiger partial charge on any atom is -1.00 e. The standard InChI is InChI=1S/C21H29NO4.ClH/c1-13-10-17(11-14(2)20(13)23)21(24)15(3)22-9-8-16-6-7-18(25-4)19(12-16)26-5;/h6-7,10-12,15,21-24H,8-9H2,1-5H3;1H. The van der Waals surface area contributed by atoms with Crippen LogP contribution < -0.4 is 27.2 Å². The lowest BCUT2D eigenvalue weighted by Gasteiger charge is -2.19. The SMILES string of the molecule is COc1ccc(CC[NH2+]C(C)C(O)c2cc(C)c(O)c(C)c2)cc1OC.[Cl-]. The molecule has 0 amide bonds. The van der Waals surface area contributed by atoms with Gasteiger partial charge in [-0.2, -0.15) is 0 Å². The second-order valence-corrected chi connectivity index (χ2v) is 6.77. The Morgan fingerprint density at radius 1 is 1.00 bits per heavy atom. The summed E-state index contributed by atoms with van der Waals surface area (Å²) in [5, 5.41) is 22.7. The molecular weight excluding hydrogens is 366 g/mol. The van der Waals surface area contributed by atoms with Crippen molar-refractivity contribution < 1.29 is 37.4 Å². The van der Waals surface area contributed by atoms with Crippen LogP contribution in [0.4, 0.5) is 0 Å². The van der Waals surface area contributed by atoms with E-state index < -0.39 is 6.10 Å². The highest BCUT2D eigenvalue weighted by Gasteiger charge is 2.20. The van der Waals surface area contributed by atoms with Gasteiger partial charge in [-0.15, -0.1) is 0 Å². The van der Waals surface area contributed by atoms with E-state index in [2.05, 4.69) is 5.32 Å². The molecule has 0 aliphatic carbocycles. The molecule has 0 aliphatic rings. The fourth-order valence-electron chi connectivity index (χ4n) is 3.14. The van der Waals surface area contributed by atoms with Gasteiger partial charge in [0.2, 0.25) is 0 Å². The average molecular weight is 396 g/mol. The van der Waals surface area contributed by atoms with Crippen LogP contribution in [0.5, 0.6) is 17.2 Å². The zero-order chi connectivity index (χ0) is 19.3. The lowest BCUT2D eigenvalue weighted by molar-refractivity contribution is -0.694. The van der Waals surface area contributed by atoms with E-state index >= 15 is 0 Å². The number of benzene rings is 2. The van der Waals surface area contributed by atoms with Crippen molar-refractivity contribution in [2.45, 2.75) is 39.3 Å². The molecule has 5 nitrogen and oxygen atoms in total. The van der Waals surface area contributed by atoms with Crippen LogP contribution in [-0.4, -0.2) is 37.0 Å². The molecule has 0 spiro atoms. The Hall–Kier alpha value is -1.95. The molecule has 2 aromatic rings. The van der Waals surface area contributed by atoms with E-state index in [1.807, 2.05) is 51.1 Å². The zero-order valence-corrected chi connectivity index (χ0v) is 17.4. The molecule has 0 bridgehead atoms. The lowest BCUT2D eigenvalue weighted by atomic mass is 9.98. The summed E-state index contributed by atoms with van der Waals surface area (Å²) >= 11 is 0. The summed E-state index contributed by atoms with van der Waals surface area (Å²) in [4.78, 5) is 0. The van der Waals surface area contributed by atoms with Gasteiger partial charge >= 0.3 is 0 Å². The summed E-state index contributed by atoms with van der Waals surface area (Å²) in [5.74, 6) is 1.75. The van der Waals surface area contributed by atoms with Crippen molar-refractivity contribution >= 4 is 0 Å². The van der Waals surface area contributed by atoms with E-state index in [0.29, 0.717) is 5.75 Å². The predicted molar refractivity (Wildman–Crippen MR) is 102 cm³/mol. The summed E-state index contributed by atoms with van der Waals surface area (Å²) in [6, 6.07) is 9.65. The van der Waals surface area contributed by atoms with Crippen molar-refractivity contribution in [1.82, 2.24) is 0 Å². The second-order valence-electron chi connectivity index (χ2n) is 6.77. The van der Waals surface area contributed by atoms with Gasteiger partial charge in [-0.3, -0.25) is 0 Å². The molecule has 0 saturated heterocycles. The number of phenols is 1. The van der Waals surface area contributed by atoms with Crippen molar-refractivity contribution in [2.75, 3.05) is 20.8 Å². The van der Waals surface area contributed by atoms with Crippen LogP contribution in [0.25, 0.3) is 0 Å². The van der Waals surface area contributed by atoms with Gasteiger partial charge in [0.25, 0.3) is 0 Å². The number of phenolic OH excluding ortho intramolecular Hbond substituents is 1. The van der Waals surface area contributed by atoms with Crippen LogP contribution in [-0.2, 0) is 6.42 Å². The minimum absolute atomic E-state index is 0. The molecule has 0 radical (unpaired) electrons. The van der Waals surface area contributed by atoms with Gasteiger partial charge in [-0.1, -0.05) is 6.07 Å². The van der Waals surface area contributed by atoms with Gasteiger partial charge in [0, 0.05) is 6.42 Å². The molecule has 2 atom stereocenters. The Kier molecular flexibility index (Phi) is 8.89. The number of rotatable bonds is 8. The van der Waals surface area contributed by atoms with Crippen LogP contribution in [0, 0.1) is 13.8 Å². The third-order valence-electron chi connectivity index (χ3n) is 4.77. The summed E-state index contributed by atoms with van der Waals surface area (Å²) in [7, 11) is 3.26. The Morgan fingerprint density at radius 3 is 2.15 bits per heavy atom. The molecule has 0 fully saturated rings. The highest BCUT2D eigenvalue weighted by atomic mass is 35.5. The molecular formula is C21H30ClNO4. The van der Waals surface area contributed by atoms with Crippen molar-refractivity contribution in [2.24, 2.45) is 0 Å². The second kappa shape index (κ2) is 10.4. The van der Waals surface area contributed by atoms with Crippen molar-refractivity contribution in [3.8, 4) is 17.2 Å². The number of nitrogens with two attached hydrogens (primary N) is 1. The molecule has 6 heteroatoms. The third kappa shape index (κ3) is 5.76. The molecule has 2 aromatic carbocycles. The number of methoxy groups -OCH3 is 2. The van der Waals surface area contributed by atoms with Crippen molar-refractivity contribution in [1.29, 1.82) is 0 Å². The minimum atomic E-state index is -0.585. The third-order valence-corrected chi connectivity index (χ3v) is 4.77. The molecule has 0 heterocycles. The van der Waals surface area contributed by atoms with Gasteiger partial charge < -0.3 is 37.4 Å². The highest BCUT2D eigenvalue weighted by Crippen LogP contribution is 2.28. The number of aromatic hydroxyl groups is 1. The average Bonchev–Trinajstić information content (AvgIpc) is 2.64. The first-order chi connectivity index (χ1) is 12.4. The summed E-state index contributed by atoms with van der Waals surface area (Å²) in [6.07, 6.45) is 0.281. The molecule has 2 unspecified atom stereocenters. The Labute approximate surface area is 167 Å². The number of ether oxygens (including phenoxy) is 2. The zero-order valence-electron chi connectivity index (χ0n) is 16.6. The van der Waals surface area contributed by atoms with E-state index in [-0.39, 0.29) is 18.4 Å². The van der Waals surface area contributed by atoms with Crippen LogP contribution in [0.15, 0.2) is 30.3 Å². The number of hydrogen-bond donors (Lipinski definition) is 3. The summed E-state index contributed by atoms with van der Waals surface area (Å²) in [5.41, 5.74) is 3.58. The molecule has 0 aliphatic heterocycles. The van der Waals surface area contributed by atoms with Crippen LogP contribution in [0.3, 0.4) is 0 Å². The number of hydrogen-bond acceptors (Lipinski definition) is 4. The van der Waals surface area contributed by atoms with E-state index in [0.717, 1.165) is 46.7 Å². The molecule has 2 rings (SSSR count). The maximum absolute atomic E-state index is 10.6. The normalized spacial score (nSPS) is 12.8. The van der Waals surface area contributed by atoms with Crippen LogP contribution >= 0.6 is 0 Å². The summed E-state index contributed by atoms with van der Waals surface area (Å²) < 4.78 is 10.6. The first-order valence-electron chi connectivity index (χ1n) is 8.89. The van der Waals surface area contributed by atoms with Gasteiger partial charge in [0.1, 0.15) is 17.9 Å². The van der Waals surface area contributed by atoms with Gasteiger partial charge in [0.15, 0.2) is 11.5 Å². The Balaban J connectivity index is 0.00000364. The van der Waals surface area contributed by atoms with Gasteiger partial charge in [-0.05, 0) is 67.3 Å². The highest BCUT2D eigenvalue weighted by molar-refractivity contribution is 5.43. The first kappa shape index (κ1) is 23.1. The maximum atomic E-state index is 10.6. The smallest absolute Gasteiger partial charge is 0.160 e. The van der Waals surface area contributed by atoms with Crippen molar-refractivity contribution in [3.63, 3.8) is 0 Å². The van der Waals surface area contributed by atoms with Crippen LogP contribution in [0.2, 0.25) is 0 Å². The van der Waals surface area contributed by atoms with E-state index in [9.17, 15) is 10.2 Å². The maximum Gasteiger partial charge on any atom is 0.160 e. The van der Waals surface area contributed by atoms with Crippen LogP contribution in [0.1, 0.15) is 35.3 Å². The van der Waals surface area contributed by atoms with E-state index in [1.54, 1.807) is 14.2 Å². The predicted octanol–water partition coefficient (Wildman–Crippen LogP) is -0.742. The molecule has 27 heavy (non-hydrogen) atoms. The number of aryl methyl sites for hydroxylation is 2. The molecule has 0 saturated carbocycles. The topological polar surface area (TPSA) is 75.5 Å². The number of aliphatic hydroxyl groups is 1. The van der Waals surface area contributed by atoms with Gasteiger partial charge in [0.05, 0.1) is 20.8 Å².